The van der Waals surface area contributed by atoms with Gasteiger partial charge in [0, 0.05) is 5.39 Å². The summed E-state index contributed by atoms with van der Waals surface area (Å²) in [5.41, 5.74) is 8.54. The first-order chi connectivity index (χ1) is 11.9. The molecule has 4 N–H and O–H groups in total. The first-order valence-corrected chi connectivity index (χ1v) is 7.08. The molecule has 0 aliphatic carbocycles. The van der Waals surface area contributed by atoms with Crippen molar-refractivity contribution in [3.05, 3.63) is 47.5 Å². The van der Waals surface area contributed by atoms with Crippen molar-refractivity contribution < 1.29 is 26.3 Å². The van der Waals surface area contributed by atoms with Crippen LogP contribution in [0.5, 0.6) is 0 Å². The zero-order valence-corrected chi connectivity index (χ0v) is 12.8. The van der Waals surface area contributed by atoms with Crippen LogP contribution in [0, 0.1) is 0 Å². The maximum absolute atomic E-state index is 13.0. The fourth-order valence-electron chi connectivity index (χ4n) is 2.47. The fourth-order valence-corrected chi connectivity index (χ4v) is 2.47. The first kappa shape index (κ1) is 17.8. The molecule has 0 radical (unpaired) electrons. The van der Waals surface area contributed by atoms with E-state index in [1.165, 1.54) is 18.2 Å². The number of hydrogen-bond acceptors (Lipinski definition) is 4. The van der Waals surface area contributed by atoms with Crippen molar-refractivity contribution in [3.8, 4) is 11.1 Å². The van der Waals surface area contributed by atoms with Gasteiger partial charge in [0.05, 0.1) is 16.6 Å². The fraction of sp³-hybridized carbons (Fsp3) is 0.125. The molecule has 26 heavy (non-hydrogen) atoms. The number of fused-ring (bicyclic) bond motifs is 1. The van der Waals surface area contributed by atoms with E-state index in [0.29, 0.717) is 17.6 Å². The molecule has 0 saturated heterocycles. The highest BCUT2D eigenvalue weighted by Gasteiger charge is 2.37. The van der Waals surface area contributed by atoms with E-state index in [0.717, 1.165) is 0 Å². The molecule has 0 bridgehead atoms. The molecule has 0 saturated carbocycles. The number of rotatable bonds is 1. The van der Waals surface area contributed by atoms with Crippen molar-refractivity contribution in [1.29, 1.82) is 0 Å². The van der Waals surface area contributed by atoms with Crippen molar-refractivity contribution in [3.63, 3.8) is 0 Å². The van der Waals surface area contributed by atoms with Crippen molar-refractivity contribution in [2.75, 3.05) is 11.5 Å². The molecule has 0 unspecified atom stereocenters. The summed E-state index contributed by atoms with van der Waals surface area (Å²) in [5, 5.41) is 0.266. The molecule has 1 heterocycles. The number of halogens is 6. The van der Waals surface area contributed by atoms with Gasteiger partial charge in [0.25, 0.3) is 0 Å². The molecule has 0 atom stereocenters. The normalized spacial score (nSPS) is 12.5. The topological polar surface area (TPSA) is 77.8 Å². The molecule has 0 fully saturated rings. The summed E-state index contributed by atoms with van der Waals surface area (Å²) in [5.74, 6) is -0.126. The lowest BCUT2D eigenvalue weighted by Gasteiger charge is -2.14. The van der Waals surface area contributed by atoms with E-state index in [4.69, 9.17) is 11.5 Å². The van der Waals surface area contributed by atoms with Gasteiger partial charge in [-0.05, 0) is 41.5 Å². The Kier molecular flexibility index (Phi) is 3.93. The van der Waals surface area contributed by atoms with E-state index in [2.05, 4.69) is 9.97 Å². The third kappa shape index (κ3) is 3.35. The number of anilines is 2. The van der Waals surface area contributed by atoms with Crippen molar-refractivity contribution >= 4 is 22.7 Å². The van der Waals surface area contributed by atoms with E-state index in [1.54, 1.807) is 0 Å². The zero-order chi connectivity index (χ0) is 19.3. The van der Waals surface area contributed by atoms with Gasteiger partial charge >= 0.3 is 12.4 Å². The molecule has 136 valence electrons. The lowest BCUT2D eigenvalue weighted by Crippen LogP contribution is -2.11. The van der Waals surface area contributed by atoms with E-state index >= 15 is 0 Å². The molecule has 0 aliphatic heterocycles. The number of nitrogen functional groups attached to an aromatic ring is 2. The summed E-state index contributed by atoms with van der Waals surface area (Å²) < 4.78 is 78.0. The third-order valence-electron chi connectivity index (χ3n) is 3.66. The largest absolute Gasteiger partial charge is 0.416 e. The molecule has 3 aromatic rings. The molecule has 3 rings (SSSR count). The van der Waals surface area contributed by atoms with Gasteiger partial charge in [-0.15, -0.1) is 0 Å². The van der Waals surface area contributed by atoms with Gasteiger partial charge in [0.2, 0.25) is 5.95 Å². The van der Waals surface area contributed by atoms with Crippen LogP contribution in [-0.4, -0.2) is 9.97 Å². The van der Waals surface area contributed by atoms with Crippen molar-refractivity contribution in [2.24, 2.45) is 0 Å². The third-order valence-corrected chi connectivity index (χ3v) is 3.66. The summed E-state index contributed by atoms with van der Waals surface area (Å²) in [6.07, 6.45) is -9.85. The van der Waals surface area contributed by atoms with E-state index < -0.39 is 23.5 Å². The Morgan fingerprint density at radius 2 is 1.27 bits per heavy atom. The van der Waals surface area contributed by atoms with Gasteiger partial charge in [-0.25, -0.2) is 4.98 Å². The average Bonchev–Trinajstić information content (AvgIpc) is 2.52. The van der Waals surface area contributed by atoms with Gasteiger partial charge in [-0.1, -0.05) is 6.07 Å². The second-order valence-electron chi connectivity index (χ2n) is 5.49. The van der Waals surface area contributed by atoms with Gasteiger partial charge in [-0.2, -0.15) is 31.3 Å². The summed E-state index contributed by atoms with van der Waals surface area (Å²) in [4.78, 5) is 7.65. The van der Waals surface area contributed by atoms with Crippen molar-refractivity contribution in [1.82, 2.24) is 9.97 Å². The van der Waals surface area contributed by atoms with Crippen molar-refractivity contribution in [2.45, 2.75) is 12.4 Å². The second kappa shape index (κ2) is 5.75. The highest BCUT2D eigenvalue weighted by molar-refractivity contribution is 5.92. The molecule has 2 aromatic carbocycles. The monoisotopic (exact) mass is 372 g/mol. The minimum absolute atomic E-state index is 0.0302. The summed E-state index contributed by atoms with van der Waals surface area (Å²) >= 11 is 0. The smallest absolute Gasteiger partial charge is 0.383 e. The molecule has 0 aliphatic rings. The summed E-state index contributed by atoms with van der Waals surface area (Å²) in [6, 6.07) is 5.41. The maximum Gasteiger partial charge on any atom is 0.416 e. The van der Waals surface area contributed by atoms with Crippen LogP contribution < -0.4 is 11.5 Å². The molecular weight excluding hydrogens is 362 g/mol. The SMILES string of the molecule is Nc1nc(N)c2cc(-c3cc(C(F)(F)F)cc(C(F)(F)F)c3)ccc2n1. The molecule has 4 nitrogen and oxygen atoms in total. The number of nitrogens with two attached hydrogens (primary N) is 2. The van der Waals surface area contributed by atoms with Crippen LogP contribution in [0.2, 0.25) is 0 Å². The Hall–Kier alpha value is -3.04. The van der Waals surface area contributed by atoms with Crippen LogP contribution in [0.1, 0.15) is 11.1 Å². The maximum atomic E-state index is 13.0. The molecule has 1 aromatic heterocycles. The predicted molar refractivity (Wildman–Crippen MR) is 83.8 cm³/mol. The number of alkyl halides is 6. The average molecular weight is 372 g/mol. The molecule has 0 amide bonds. The van der Waals surface area contributed by atoms with Gasteiger partial charge in [0.15, 0.2) is 0 Å². The van der Waals surface area contributed by atoms with Crippen LogP contribution in [0.15, 0.2) is 36.4 Å². The first-order valence-electron chi connectivity index (χ1n) is 7.08. The standard InChI is InChI=1S/C16H10F6N4/c17-15(18,19)9-3-8(4-10(6-9)16(20,21)22)7-1-2-12-11(5-7)13(23)26-14(24)25-12/h1-6H,(H4,23,24,25,26). The number of aromatic nitrogens is 2. The van der Waals surface area contributed by atoms with Gasteiger partial charge in [-0.3, -0.25) is 0 Å². The van der Waals surface area contributed by atoms with E-state index in [-0.39, 0.29) is 34.3 Å². The zero-order valence-electron chi connectivity index (χ0n) is 12.8. The number of nitrogens with zero attached hydrogens (tertiary/aromatic N) is 2. The van der Waals surface area contributed by atoms with Crippen LogP contribution in [0.25, 0.3) is 22.0 Å². The summed E-state index contributed by atoms with van der Waals surface area (Å²) in [6.45, 7) is 0. The van der Waals surface area contributed by atoms with Gasteiger partial charge in [0.1, 0.15) is 5.82 Å². The summed E-state index contributed by atoms with van der Waals surface area (Å²) in [7, 11) is 0. The Bertz CT molecular complexity index is 962. The molecule has 10 heteroatoms. The minimum Gasteiger partial charge on any atom is -0.383 e. The molecule has 0 spiro atoms. The van der Waals surface area contributed by atoms with Crippen LogP contribution in [0.3, 0.4) is 0 Å². The van der Waals surface area contributed by atoms with E-state index in [9.17, 15) is 26.3 Å². The van der Waals surface area contributed by atoms with Gasteiger partial charge < -0.3 is 11.5 Å². The Balaban J connectivity index is 2.24. The lowest BCUT2D eigenvalue weighted by atomic mass is 9.98. The number of benzene rings is 2. The Morgan fingerprint density at radius 3 is 1.81 bits per heavy atom. The van der Waals surface area contributed by atoms with Crippen LogP contribution in [0.4, 0.5) is 38.1 Å². The second-order valence-corrected chi connectivity index (χ2v) is 5.49. The highest BCUT2D eigenvalue weighted by atomic mass is 19.4. The van der Waals surface area contributed by atoms with Crippen LogP contribution in [-0.2, 0) is 12.4 Å². The van der Waals surface area contributed by atoms with Crippen LogP contribution >= 0.6 is 0 Å². The highest BCUT2D eigenvalue weighted by Crippen LogP contribution is 2.39. The Labute approximate surface area is 142 Å². The lowest BCUT2D eigenvalue weighted by molar-refractivity contribution is -0.143. The predicted octanol–water partition coefficient (Wildman–Crippen LogP) is 4.50. The van der Waals surface area contributed by atoms with E-state index in [1.807, 2.05) is 0 Å². The quantitative estimate of drug-likeness (QED) is 0.617. The Morgan fingerprint density at radius 1 is 0.692 bits per heavy atom. The minimum atomic E-state index is -4.93. The number of hydrogen-bond donors (Lipinski definition) is 2. The molecular formula is C16H10F6N4.